The molecule has 0 bridgehead atoms. The smallest absolute Gasteiger partial charge is 0.266 e. The van der Waals surface area contributed by atoms with Crippen molar-refractivity contribution in [3.63, 3.8) is 0 Å². The topological polar surface area (TPSA) is 43.4 Å². The van der Waals surface area contributed by atoms with Gasteiger partial charge in [0.05, 0.1) is 11.5 Å². The highest BCUT2D eigenvalue weighted by Crippen LogP contribution is 2.19. The highest BCUT2D eigenvalue weighted by molar-refractivity contribution is 7.86. The first-order valence-corrected chi connectivity index (χ1v) is 7.91. The predicted octanol–water partition coefficient (Wildman–Crippen LogP) is 3.50. The molecule has 2 aromatic carbocycles. The van der Waals surface area contributed by atoms with Crippen molar-refractivity contribution < 1.29 is 12.6 Å². The molecule has 0 fully saturated rings. The molecule has 0 saturated heterocycles. The Morgan fingerprint density at radius 1 is 1.00 bits per heavy atom. The fourth-order valence-electron chi connectivity index (χ4n) is 1.84. The van der Waals surface area contributed by atoms with Crippen LogP contribution in [-0.2, 0) is 14.3 Å². The number of aryl methyl sites for hydroxylation is 1. The zero-order valence-corrected chi connectivity index (χ0v) is 12.4. The summed E-state index contributed by atoms with van der Waals surface area (Å²) < 4.78 is 29.3. The molecule has 106 valence electrons. The monoisotopic (exact) mass is 290 g/mol. The van der Waals surface area contributed by atoms with Gasteiger partial charge in [-0.1, -0.05) is 55.0 Å². The van der Waals surface area contributed by atoms with E-state index in [2.05, 4.69) is 0 Å². The molecule has 20 heavy (non-hydrogen) atoms. The van der Waals surface area contributed by atoms with E-state index in [1.54, 1.807) is 24.3 Å². The summed E-state index contributed by atoms with van der Waals surface area (Å²) in [4.78, 5) is 0.198. The lowest BCUT2D eigenvalue weighted by Crippen LogP contribution is -2.12. The first-order chi connectivity index (χ1) is 9.49. The lowest BCUT2D eigenvalue weighted by molar-refractivity contribution is 0.298. The van der Waals surface area contributed by atoms with Crippen molar-refractivity contribution in [3.8, 4) is 0 Å². The van der Waals surface area contributed by atoms with Gasteiger partial charge in [0.1, 0.15) is 0 Å². The van der Waals surface area contributed by atoms with Crippen molar-refractivity contribution in [2.24, 2.45) is 0 Å². The molecule has 4 heteroatoms. The second-order valence-electron chi connectivity index (χ2n) is 4.86. The van der Waals surface area contributed by atoms with Gasteiger partial charge in [0, 0.05) is 5.92 Å². The summed E-state index contributed by atoms with van der Waals surface area (Å²) >= 11 is 0. The predicted molar refractivity (Wildman–Crippen MR) is 79.2 cm³/mol. The maximum Gasteiger partial charge on any atom is 0.296 e. The second kappa shape index (κ2) is 6.20. The van der Waals surface area contributed by atoms with E-state index in [1.807, 2.05) is 44.2 Å². The van der Waals surface area contributed by atoms with Gasteiger partial charge in [-0.05, 0) is 24.6 Å². The molecule has 0 aliphatic carbocycles. The third-order valence-corrected chi connectivity index (χ3v) is 4.45. The molecule has 0 radical (unpaired) electrons. The number of benzene rings is 2. The minimum Gasteiger partial charge on any atom is -0.266 e. The molecule has 0 aliphatic rings. The summed E-state index contributed by atoms with van der Waals surface area (Å²) in [6.07, 6.45) is 0. The Morgan fingerprint density at radius 3 is 2.20 bits per heavy atom. The van der Waals surface area contributed by atoms with Crippen LogP contribution in [0, 0.1) is 6.92 Å². The summed E-state index contributed by atoms with van der Waals surface area (Å²) in [5.74, 6) is 0.0245. The molecular formula is C16H18O3S. The minimum atomic E-state index is -3.68. The van der Waals surface area contributed by atoms with Crippen LogP contribution in [0.1, 0.15) is 24.0 Å². The summed E-state index contributed by atoms with van der Waals surface area (Å²) in [7, 11) is -3.68. The fraction of sp³-hybridized carbons (Fsp3) is 0.250. The van der Waals surface area contributed by atoms with Gasteiger partial charge < -0.3 is 0 Å². The molecule has 3 nitrogen and oxygen atoms in total. The molecule has 0 unspecified atom stereocenters. The zero-order valence-electron chi connectivity index (χ0n) is 11.6. The van der Waals surface area contributed by atoms with Gasteiger partial charge in [-0.25, -0.2) is 0 Å². The van der Waals surface area contributed by atoms with Gasteiger partial charge in [-0.15, -0.1) is 0 Å². The third-order valence-electron chi connectivity index (χ3n) is 3.15. The van der Waals surface area contributed by atoms with E-state index in [0.29, 0.717) is 0 Å². The maximum absolute atomic E-state index is 12.1. The summed E-state index contributed by atoms with van der Waals surface area (Å²) in [6.45, 7) is 3.99. The highest BCUT2D eigenvalue weighted by atomic mass is 32.2. The minimum absolute atomic E-state index is 0.0245. The van der Waals surface area contributed by atoms with Gasteiger partial charge in [-0.2, -0.15) is 8.42 Å². The van der Waals surface area contributed by atoms with Gasteiger partial charge in [-0.3, -0.25) is 4.18 Å². The van der Waals surface area contributed by atoms with Crippen LogP contribution in [0.15, 0.2) is 59.5 Å². The van der Waals surface area contributed by atoms with Crippen molar-refractivity contribution >= 4 is 10.1 Å². The number of rotatable bonds is 5. The van der Waals surface area contributed by atoms with Gasteiger partial charge >= 0.3 is 0 Å². The molecule has 0 spiro atoms. The van der Waals surface area contributed by atoms with Crippen LogP contribution in [-0.4, -0.2) is 15.0 Å². The van der Waals surface area contributed by atoms with E-state index in [-0.39, 0.29) is 17.4 Å². The normalized spacial score (nSPS) is 13.1. The quantitative estimate of drug-likeness (QED) is 0.792. The van der Waals surface area contributed by atoms with Crippen LogP contribution in [0.25, 0.3) is 0 Å². The second-order valence-corrected chi connectivity index (χ2v) is 6.48. The van der Waals surface area contributed by atoms with Crippen molar-refractivity contribution in [2.45, 2.75) is 24.7 Å². The number of hydrogen-bond donors (Lipinski definition) is 0. The Morgan fingerprint density at radius 2 is 1.60 bits per heavy atom. The molecule has 0 saturated carbocycles. The fourth-order valence-corrected chi connectivity index (χ4v) is 2.83. The third kappa shape index (κ3) is 3.68. The summed E-state index contributed by atoms with van der Waals surface area (Å²) in [5.41, 5.74) is 2.08. The first kappa shape index (κ1) is 14.8. The summed E-state index contributed by atoms with van der Waals surface area (Å²) in [6, 6.07) is 16.4. The highest BCUT2D eigenvalue weighted by Gasteiger charge is 2.17. The van der Waals surface area contributed by atoms with Gasteiger partial charge in [0.2, 0.25) is 0 Å². The first-order valence-electron chi connectivity index (χ1n) is 6.50. The Balaban J connectivity index is 2.04. The van der Waals surface area contributed by atoms with E-state index in [0.717, 1.165) is 11.1 Å². The molecule has 2 aromatic rings. The van der Waals surface area contributed by atoms with Crippen molar-refractivity contribution in [1.82, 2.24) is 0 Å². The van der Waals surface area contributed by atoms with Crippen molar-refractivity contribution in [3.05, 3.63) is 65.7 Å². The van der Waals surface area contributed by atoms with Crippen LogP contribution in [0.3, 0.4) is 0 Å². The lowest BCUT2D eigenvalue weighted by Gasteiger charge is -2.12. The van der Waals surface area contributed by atoms with E-state index >= 15 is 0 Å². The zero-order chi connectivity index (χ0) is 14.6. The van der Waals surface area contributed by atoms with Crippen LogP contribution >= 0.6 is 0 Å². The SMILES string of the molecule is Cc1ccc(S(=O)(=O)OC[C@H](C)c2ccccc2)cc1. The average molecular weight is 290 g/mol. The molecule has 0 aliphatic heterocycles. The molecule has 0 aromatic heterocycles. The average Bonchev–Trinajstić information content (AvgIpc) is 2.46. The van der Waals surface area contributed by atoms with Gasteiger partial charge in [0.15, 0.2) is 0 Å². The Labute approximate surface area is 120 Å². The molecule has 2 rings (SSSR count). The van der Waals surface area contributed by atoms with E-state index < -0.39 is 10.1 Å². The van der Waals surface area contributed by atoms with Gasteiger partial charge in [0.25, 0.3) is 10.1 Å². The molecule has 0 heterocycles. The van der Waals surface area contributed by atoms with E-state index in [1.165, 1.54) is 0 Å². The van der Waals surface area contributed by atoms with E-state index in [4.69, 9.17) is 4.18 Å². The Kier molecular flexibility index (Phi) is 4.57. The molecular weight excluding hydrogens is 272 g/mol. The largest absolute Gasteiger partial charge is 0.296 e. The van der Waals surface area contributed by atoms with Crippen molar-refractivity contribution in [1.29, 1.82) is 0 Å². The van der Waals surface area contributed by atoms with Crippen molar-refractivity contribution in [2.75, 3.05) is 6.61 Å². The Bertz CT molecular complexity index is 646. The maximum atomic E-state index is 12.1. The van der Waals surface area contributed by atoms with E-state index in [9.17, 15) is 8.42 Å². The standard InChI is InChI=1S/C16H18O3S/c1-13-8-10-16(11-9-13)20(17,18)19-12-14(2)15-6-4-3-5-7-15/h3-11,14H,12H2,1-2H3/t14-/m0/s1. The Hall–Kier alpha value is -1.65. The van der Waals surface area contributed by atoms with Crippen LogP contribution in [0.2, 0.25) is 0 Å². The number of hydrogen-bond acceptors (Lipinski definition) is 3. The van der Waals surface area contributed by atoms with Crippen LogP contribution in [0.4, 0.5) is 0 Å². The molecule has 0 amide bonds. The van der Waals surface area contributed by atoms with Crippen LogP contribution < -0.4 is 0 Å². The lowest BCUT2D eigenvalue weighted by atomic mass is 10.0. The summed E-state index contributed by atoms with van der Waals surface area (Å²) in [5, 5.41) is 0. The molecule has 1 atom stereocenters. The molecule has 0 N–H and O–H groups in total. The van der Waals surface area contributed by atoms with Crippen LogP contribution in [0.5, 0.6) is 0 Å².